The minimum atomic E-state index is -0.388. The summed E-state index contributed by atoms with van der Waals surface area (Å²) in [6.45, 7) is 6.50. The first-order valence-electron chi connectivity index (χ1n) is 10.8. The van der Waals surface area contributed by atoms with Crippen LogP contribution in [0.3, 0.4) is 0 Å². The predicted molar refractivity (Wildman–Crippen MR) is 119 cm³/mol. The van der Waals surface area contributed by atoms with Crippen LogP contribution in [0.25, 0.3) is 0 Å². The van der Waals surface area contributed by atoms with E-state index < -0.39 is 0 Å². The Hall–Kier alpha value is -3.20. The van der Waals surface area contributed by atoms with Crippen LogP contribution < -0.4 is 15.5 Å². The summed E-state index contributed by atoms with van der Waals surface area (Å²) in [6.07, 6.45) is 1.80. The quantitative estimate of drug-likeness (QED) is 0.617. The lowest BCUT2D eigenvalue weighted by Crippen LogP contribution is -2.43. The number of ether oxygens (including phenoxy) is 1. The summed E-state index contributed by atoms with van der Waals surface area (Å²) in [6, 6.07) is 7.34. The van der Waals surface area contributed by atoms with Crippen LogP contribution in [-0.2, 0) is 19.1 Å². The molecule has 0 radical (unpaired) electrons. The Kier molecular flexibility index (Phi) is 7.99. The number of anilines is 2. The van der Waals surface area contributed by atoms with E-state index in [2.05, 4.69) is 15.8 Å². The van der Waals surface area contributed by atoms with Gasteiger partial charge in [-0.2, -0.15) is 0 Å². The number of carbonyl (C=O) groups is 3. The zero-order valence-corrected chi connectivity index (χ0v) is 18.8. The molecule has 0 spiro atoms. The maximum atomic E-state index is 12.9. The average Bonchev–Trinajstić information content (AvgIpc) is 3.39. The summed E-state index contributed by atoms with van der Waals surface area (Å²) < 4.78 is 10.6. The Labute approximate surface area is 187 Å². The molecule has 9 nitrogen and oxygen atoms in total. The fourth-order valence-corrected chi connectivity index (χ4v) is 3.64. The van der Waals surface area contributed by atoms with Crippen LogP contribution in [0.1, 0.15) is 42.6 Å². The van der Waals surface area contributed by atoms with E-state index in [1.807, 2.05) is 32.0 Å². The number of benzene rings is 1. The van der Waals surface area contributed by atoms with Crippen molar-refractivity contribution in [2.24, 2.45) is 0 Å². The van der Waals surface area contributed by atoms with Gasteiger partial charge in [0.15, 0.2) is 5.82 Å². The number of aryl methyl sites for hydroxylation is 3. The Bertz CT molecular complexity index is 945. The number of amides is 3. The summed E-state index contributed by atoms with van der Waals surface area (Å²) >= 11 is 0. The van der Waals surface area contributed by atoms with Gasteiger partial charge in [-0.3, -0.25) is 19.3 Å². The molecule has 3 amide bonds. The SMILES string of the molecule is Cc1cc(C)cc(NC(=O)CCC(=O)N(CC(=O)NC[C@@H]2CCCO2)c2cc(C)on2)c1. The van der Waals surface area contributed by atoms with E-state index in [-0.39, 0.29) is 49.0 Å². The number of aromatic nitrogens is 1. The average molecular weight is 443 g/mol. The maximum absolute atomic E-state index is 12.9. The zero-order valence-electron chi connectivity index (χ0n) is 18.8. The van der Waals surface area contributed by atoms with E-state index in [1.165, 1.54) is 4.90 Å². The lowest BCUT2D eigenvalue weighted by atomic mass is 10.1. The molecule has 1 aromatic heterocycles. The van der Waals surface area contributed by atoms with E-state index in [9.17, 15) is 14.4 Å². The molecule has 1 aliphatic rings. The molecule has 0 aliphatic carbocycles. The van der Waals surface area contributed by atoms with Crippen LogP contribution in [0, 0.1) is 20.8 Å². The van der Waals surface area contributed by atoms with Crippen molar-refractivity contribution in [3.05, 3.63) is 41.2 Å². The highest BCUT2D eigenvalue weighted by Gasteiger charge is 2.24. The molecule has 0 saturated carbocycles. The largest absolute Gasteiger partial charge is 0.376 e. The number of nitrogens with one attached hydrogen (secondary N) is 2. The Morgan fingerprint density at radius 3 is 2.44 bits per heavy atom. The lowest BCUT2D eigenvalue weighted by molar-refractivity contribution is -0.125. The smallest absolute Gasteiger partial charge is 0.240 e. The van der Waals surface area contributed by atoms with Crippen molar-refractivity contribution >= 4 is 29.2 Å². The zero-order chi connectivity index (χ0) is 23.1. The molecule has 1 saturated heterocycles. The van der Waals surface area contributed by atoms with Gasteiger partial charge in [-0.05, 0) is 56.9 Å². The van der Waals surface area contributed by atoms with Gasteiger partial charge >= 0.3 is 0 Å². The Balaban J connectivity index is 1.56. The second-order valence-corrected chi connectivity index (χ2v) is 8.14. The molecule has 2 aromatic rings. The van der Waals surface area contributed by atoms with Crippen molar-refractivity contribution in [3.8, 4) is 0 Å². The van der Waals surface area contributed by atoms with E-state index in [1.54, 1.807) is 13.0 Å². The predicted octanol–water partition coefficient (Wildman–Crippen LogP) is 2.65. The second kappa shape index (κ2) is 10.9. The van der Waals surface area contributed by atoms with Crippen molar-refractivity contribution in [2.75, 3.05) is 29.9 Å². The van der Waals surface area contributed by atoms with Crippen molar-refractivity contribution < 1.29 is 23.6 Å². The number of nitrogens with zero attached hydrogens (tertiary/aromatic N) is 2. The fourth-order valence-electron chi connectivity index (χ4n) is 3.64. The van der Waals surface area contributed by atoms with Crippen molar-refractivity contribution in [1.82, 2.24) is 10.5 Å². The number of carbonyl (C=O) groups excluding carboxylic acids is 3. The third-order valence-electron chi connectivity index (χ3n) is 5.12. The molecule has 0 unspecified atom stereocenters. The summed E-state index contributed by atoms with van der Waals surface area (Å²) in [5.41, 5.74) is 2.77. The van der Waals surface area contributed by atoms with E-state index in [4.69, 9.17) is 9.26 Å². The van der Waals surface area contributed by atoms with Crippen molar-refractivity contribution in [1.29, 1.82) is 0 Å². The number of rotatable bonds is 9. The molecule has 9 heteroatoms. The fraction of sp³-hybridized carbons (Fsp3) is 0.478. The van der Waals surface area contributed by atoms with Gasteiger partial charge in [0.05, 0.1) is 6.10 Å². The number of hydrogen-bond donors (Lipinski definition) is 2. The highest BCUT2D eigenvalue weighted by molar-refractivity contribution is 6.00. The van der Waals surface area contributed by atoms with Gasteiger partial charge in [-0.15, -0.1) is 0 Å². The monoisotopic (exact) mass is 442 g/mol. The van der Waals surface area contributed by atoms with Crippen LogP contribution >= 0.6 is 0 Å². The van der Waals surface area contributed by atoms with Crippen molar-refractivity contribution in [3.63, 3.8) is 0 Å². The van der Waals surface area contributed by atoms with E-state index in [0.717, 1.165) is 24.0 Å². The molecule has 1 aromatic carbocycles. The normalized spacial score (nSPS) is 15.4. The van der Waals surface area contributed by atoms with E-state index >= 15 is 0 Å². The van der Waals surface area contributed by atoms with Crippen LogP contribution in [0.2, 0.25) is 0 Å². The van der Waals surface area contributed by atoms with E-state index in [0.29, 0.717) is 24.6 Å². The highest BCUT2D eigenvalue weighted by atomic mass is 16.5. The first-order valence-corrected chi connectivity index (χ1v) is 10.8. The molecule has 1 aliphatic heterocycles. The molecule has 172 valence electrons. The van der Waals surface area contributed by atoms with Gasteiger partial charge in [0.2, 0.25) is 17.7 Å². The minimum absolute atomic E-state index is 0.00588. The summed E-state index contributed by atoms with van der Waals surface area (Å²) in [4.78, 5) is 38.9. The van der Waals surface area contributed by atoms with Crippen LogP contribution in [0.4, 0.5) is 11.5 Å². The van der Waals surface area contributed by atoms with Gasteiger partial charge in [-0.25, -0.2) is 0 Å². The lowest BCUT2D eigenvalue weighted by Gasteiger charge is -2.20. The Morgan fingerprint density at radius 1 is 1.06 bits per heavy atom. The van der Waals surface area contributed by atoms with Gasteiger partial charge in [0.1, 0.15) is 12.3 Å². The van der Waals surface area contributed by atoms with Gasteiger partial charge in [-0.1, -0.05) is 11.2 Å². The van der Waals surface area contributed by atoms with Crippen molar-refractivity contribution in [2.45, 2.75) is 52.6 Å². The molecule has 1 atom stereocenters. The van der Waals surface area contributed by atoms with Gasteiger partial charge in [0, 0.05) is 37.7 Å². The molecule has 3 rings (SSSR count). The summed E-state index contributed by atoms with van der Waals surface area (Å²) in [5.74, 6) is -0.225. The summed E-state index contributed by atoms with van der Waals surface area (Å²) in [5, 5.41) is 9.48. The highest BCUT2D eigenvalue weighted by Crippen LogP contribution is 2.17. The standard InChI is InChI=1S/C23H30N4O5/c1-15-9-16(2)11-18(10-15)25-21(28)6-7-23(30)27(20-12-17(3)32-26-20)14-22(29)24-13-19-5-4-8-31-19/h9-12,19H,4-8,13-14H2,1-3H3,(H,24,29)(H,25,28)/t19-/m0/s1. The topological polar surface area (TPSA) is 114 Å². The number of hydrogen-bond acceptors (Lipinski definition) is 6. The molecular formula is C23H30N4O5. The minimum Gasteiger partial charge on any atom is -0.376 e. The van der Waals surface area contributed by atoms with Crippen LogP contribution in [0.5, 0.6) is 0 Å². The molecular weight excluding hydrogens is 412 g/mol. The molecule has 2 N–H and O–H groups in total. The molecule has 2 heterocycles. The second-order valence-electron chi connectivity index (χ2n) is 8.14. The van der Waals surface area contributed by atoms with Crippen LogP contribution in [-0.4, -0.2) is 48.7 Å². The Morgan fingerprint density at radius 2 is 1.81 bits per heavy atom. The van der Waals surface area contributed by atoms with Crippen LogP contribution in [0.15, 0.2) is 28.8 Å². The maximum Gasteiger partial charge on any atom is 0.240 e. The first kappa shape index (κ1) is 23.5. The van der Waals surface area contributed by atoms with Gasteiger partial charge in [0.25, 0.3) is 0 Å². The molecule has 32 heavy (non-hydrogen) atoms. The molecule has 1 fully saturated rings. The third-order valence-corrected chi connectivity index (χ3v) is 5.12. The third kappa shape index (κ3) is 6.91. The first-order chi connectivity index (χ1) is 15.3. The van der Waals surface area contributed by atoms with Gasteiger partial charge < -0.3 is 19.9 Å². The molecule has 0 bridgehead atoms. The summed E-state index contributed by atoms with van der Waals surface area (Å²) in [7, 11) is 0.